The zero-order valence-corrected chi connectivity index (χ0v) is 15.2. The van der Waals surface area contributed by atoms with Gasteiger partial charge in [-0.3, -0.25) is 9.79 Å². The molecule has 0 aliphatic carbocycles. The summed E-state index contributed by atoms with van der Waals surface area (Å²) >= 11 is 0. The zero-order valence-electron chi connectivity index (χ0n) is 15.2. The zero-order chi connectivity index (χ0) is 17.5. The van der Waals surface area contributed by atoms with Gasteiger partial charge in [0, 0.05) is 58.9 Å². The normalized spacial score (nSPS) is 17.8. The van der Waals surface area contributed by atoms with Gasteiger partial charge in [0.25, 0.3) is 0 Å². The second kappa shape index (κ2) is 8.57. The number of likely N-dealkylation sites (tertiary alicyclic amines) is 1. The summed E-state index contributed by atoms with van der Waals surface area (Å²) in [5.41, 5.74) is 2.39. The molecule has 1 unspecified atom stereocenters. The van der Waals surface area contributed by atoms with Crippen molar-refractivity contribution in [3.63, 3.8) is 0 Å². The van der Waals surface area contributed by atoms with E-state index in [1.54, 1.807) is 7.05 Å². The largest absolute Gasteiger partial charge is 0.378 e. The number of aliphatic imine (C=N–C) groups is 1. The van der Waals surface area contributed by atoms with E-state index in [4.69, 9.17) is 0 Å². The Balaban J connectivity index is 1.85. The van der Waals surface area contributed by atoms with Gasteiger partial charge in [0.2, 0.25) is 5.91 Å². The Bertz CT molecular complexity index is 585. The lowest BCUT2D eigenvalue weighted by molar-refractivity contribution is -0.129. The van der Waals surface area contributed by atoms with E-state index in [9.17, 15) is 4.79 Å². The highest BCUT2D eigenvalue weighted by Crippen LogP contribution is 2.13. The molecule has 0 saturated carbocycles. The molecule has 6 heteroatoms. The summed E-state index contributed by atoms with van der Waals surface area (Å²) in [7, 11) is 5.85. The van der Waals surface area contributed by atoms with Gasteiger partial charge in [-0.05, 0) is 24.1 Å². The van der Waals surface area contributed by atoms with Crippen LogP contribution in [-0.2, 0) is 11.3 Å². The van der Waals surface area contributed by atoms with E-state index in [1.165, 1.54) is 11.3 Å². The van der Waals surface area contributed by atoms with Crippen molar-refractivity contribution in [3.8, 4) is 0 Å². The number of rotatable bonds is 5. The van der Waals surface area contributed by atoms with E-state index < -0.39 is 0 Å². The summed E-state index contributed by atoms with van der Waals surface area (Å²) in [5.74, 6) is 1.00. The summed E-state index contributed by atoms with van der Waals surface area (Å²) in [5, 5.41) is 6.77. The predicted molar refractivity (Wildman–Crippen MR) is 99.4 cm³/mol. The molecule has 0 radical (unpaired) electrons. The quantitative estimate of drug-likeness (QED) is 0.633. The van der Waals surface area contributed by atoms with E-state index in [2.05, 4.69) is 44.8 Å². The van der Waals surface area contributed by atoms with E-state index in [-0.39, 0.29) is 11.9 Å². The van der Waals surface area contributed by atoms with Gasteiger partial charge in [-0.15, -0.1) is 0 Å². The van der Waals surface area contributed by atoms with E-state index in [0.717, 1.165) is 25.5 Å². The van der Waals surface area contributed by atoms with Gasteiger partial charge in [-0.25, -0.2) is 0 Å². The van der Waals surface area contributed by atoms with Crippen molar-refractivity contribution in [2.75, 3.05) is 39.1 Å². The number of amides is 1. The summed E-state index contributed by atoms with van der Waals surface area (Å²) in [6.07, 6.45) is 1.53. The molecular formula is C18H29N5O. The Labute approximate surface area is 144 Å². The van der Waals surface area contributed by atoms with E-state index in [1.807, 2.05) is 25.9 Å². The van der Waals surface area contributed by atoms with Gasteiger partial charge in [-0.2, -0.15) is 0 Å². The highest BCUT2D eigenvalue weighted by atomic mass is 16.2. The van der Waals surface area contributed by atoms with Gasteiger partial charge >= 0.3 is 0 Å². The lowest BCUT2D eigenvalue weighted by Gasteiger charge is -2.19. The lowest BCUT2D eigenvalue weighted by atomic mass is 10.2. The Morgan fingerprint density at radius 1 is 1.42 bits per heavy atom. The first-order valence-corrected chi connectivity index (χ1v) is 8.54. The van der Waals surface area contributed by atoms with Crippen molar-refractivity contribution >= 4 is 17.6 Å². The van der Waals surface area contributed by atoms with E-state index in [0.29, 0.717) is 13.0 Å². The maximum atomic E-state index is 11.8. The number of nitrogens with zero attached hydrogens (tertiary/aromatic N) is 3. The van der Waals surface area contributed by atoms with Crippen LogP contribution < -0.4 is 15.5 Å². The molecule has 1 amide bonds. The van der Waals surface area contributed by atoms with Gasteiger partial charge in [-0.1, -0.05) is 19.1 Å². The maximum Gasteiger partial charge on any atom is 0.222 e. The number of guanidine groups is 1. The van der Waals surface area contributed by atoms with Crippen LogP contribution >= 0.6 is 0 Å². The average Bonchev–Trinajstić information content (AvgIpc) is 3.06. The molecule has 1 fully saturated rings. The Morgan fingerprint density at radius 3 is 2.88 bits per heavy atom. The van der Waals surface area contributed by atoms with Crippen LogP contribution in [0.4, 0.5) is 5.69 Å². The molecule has 6 nitrogen and oxygen atoms in total. The number of carbonyl (C=O) groups excluding carboxylic acids is 1. The topological polar surface area (TPSA) is 60.0 Å². The molecule has 1 aliphatic heterocycles. The van der Waals surface area contributed by atoms with Gasteiger partial charge in [0.05, 0.1) is 0 Å². The first-order chi connectivity index (χ1) is 11.5. The number of hydrogen-bond donors (Lipinski definition) is 2. The molecular weight excluding hydrogens is 302 g/mol. The van der Waals surface area contributed by atoms with Gasteiger partial charge in [0.15, 0.2) is 5.96 Å². The van der Waals surface area contributed by atoms with Crippen molar-refractivity contribution in [2.24, 2.45) is 4.99 Å². The average molecular weight is 331 g/mol. The van der Waals surface area contributed by atoms with Gasteiger partial charge in [0.1, 0.15) is 0 Å². The Morgan fingerprint density at radius 2 is 2.21 bits per heavy atom. The van der Waals surface area contributed by atoms with Crippen LogP contribution in [0.3, 0.4) is 0 Å². The second-order valence-corrected chi connectivity index (χ2v) is 6.31. The van der Waals surface area contributed by atoms with Crippen LogP contribution in [0.1, 0.15) is 25.3 Å². The predicted octanol–water partition coefficient (Wildman–Crippen LogP) is 1.43. The molecule has 1 aliphatic rings. The van der Waals surface area contributed by atoms with Crippen LogP contribution in [0.25, 0.3) is 0 Å². The van der Waals surface area contributed by atoms with Crippen LogP contribution in [-0.4, -0.2) is 57.0 Å². The third-order valence-corrected chi connectivity index (χ3v) is 4.29. The smallest absolute Gasteiger partial charge is 0.222 e. The molecule has 24 heavy (non-hydrogen) atoms. The molecule has 132 valence electrons. The summed E-state index contributed by atoms with van der Waals surface area (Å²) in [4.78, 5) is 20.1. The second-order valence-electron chi connectivity index (χ2n) is 6.31. The summed E-state index contributed by atoms with van der Waals surface area (Å²) in [6.45, 7) is 4.20. The first-order valence-electron chi connectivity index (χ1n) is 8.54. The van der Waals surface area contributed by atoms with Crippen molar-refractivity contribution < 1.29 is 4.79 Å². The molecule has 1 aromatic carbocycles. The fourth-order valence-corrected chi connectivity index (χ4v) is 2.85. The van der Waals surface area contributed by atoms with Crippen molar-refractivity contribution in [2.45, 2.75) is 32.4 Å². The standard InChI is InChI=1S/C18H29N5O/c1-5-17(24)23-10-9-15(13-23)21-18(19-2)20-12-14-7-6-8-16(11-14)22(3)4/h6-8,11,15H,5,9-10,12-13H2,1-4H3,(H2,19,20,21). The minimum atomic E-state index is 0.225. The highest BCUT2D eigenvalue weighted by molar-refractivity contribution is 5.80. The fraction of sp³-hybridized carbons (Fsp3) is 0.556. The first kappa shape index (κ1) is 18.1. The van der Waals surface area contributed by atoms with Gasteiger partial charge < -0.3 is 20.4 Å². The monoisotopic (exact) mass is 331 g/mol. The highest BCUT2D eigenvalue weighted by Gasteiger charge is 2.25. The lowest BCUT2D eigenvalue weighted by Crippen LogP contribution is -2.44. The molecule has 1 heterocycles. The number of benzene rings is 1. The summed E-state index contributed by atoms with van der Waals surface area (Å²) < 4.78 is 0. The minimum Gasteiger partial charge on any atom is -0.378 e. The number of carbonyl (C=O) groups is 1. The molecule has 2 N–H and O–H groups in total. The Kier molecular flexibility index (Phi) is 6.46. The third-order valence-electron chi connectivity index (χ3n) is 4.29. The minimum absolute atomic E-state index is 0.225. The number of hydrogen-bond acceptors (Lipinski definition) is 3. The molecule has 1 atom stereocenters. The number of nitrogens with one attached hydrogen (secondary N) is 2. The molecule has 0 spiro atoms. The SMILES string of the molecule is CCC(=O)N1CCC(NC(=NC)NCc2cccc(N(C)C)c2)C1. The van der Waals surface area contributed by atoms with Crippen LogP contribution in [0.2, 0.25) is 0 Å². The summed E-state index contributed by atoms with van der Waals surface area (Å²) in [6, 6.07) is 8.68. The fourth-order valence-electron chi connectivity index (χ4n) is 2.85. The molecule has 1 saturated heterocycles. The number of anilines is 1. The van der Waals surface area contributed by atoms with E-state index >= 15 is 0 Å². The Hall–Kier alpha value is -2.24. The maximum absolute atomic E-state index is 11.8. The molecule has 2 rings (SSSR count). The molecule has 1 aromatic rings. The van der Waals surface area contributed by atoms with Crippen LogP contribution in [0.5, 0.6) is 0 Å². The van der Waals surface area contributed by atoms with Crippen molar-refractivity contribution in [1.29, 1.82) is 0 Å². The van der Waals surface area contributed by atoms with Crippen molar-refractivity contribution in [3.05, 3.63) is 29.8 Å². The van der Waals surface area contributed by atoms with Crippen LogP contribution in [0.15, 0.2) is 29.3 Å². The van der Waals surface area contributed by atoms with Crippen LogP contribution in [0, 0.1) is 0 Å². The molecule has 0 aromatic heterocycles. The van der Waals surface area contributed by atoms with Crippen molar-refractivity contribution in [1.82, 2.24) is 15.5 Å². The third kappa shape index (κ3) is 4.88. The molecule has 0 bridgehead atoms.